The van der Waals surface area contributed by atoms with Gasteiger partial charge in [-0.2, -0.15) is 4.98 Å². The van der Waals surface area contributed by atoms with Crippen molar-refractivity contribution in [3.63, 3.8) is 0 Å². The van der Waals surface area contributed by atoms with Crippen molar-refractivity contribution in [3.8, 4) is 0 Å². The van der Waals surface area contributed by atoms with E-state index in [1.54, 1.807) is 0 Å². The molecule has 0 spiro atoms. The minimum Gasteiger partial charge on any atom is -0.357 e. The summed E-state index contributed by atoms with van der Waals surface area (Å²) in [5.41, 5.74) is 2.09. The molecule has 5 heteroatoms. The van der Waals surface area contributed by atoms with E-state index in [0.29, 0.717) is 5.95 Å². The Hall–Kier alpha value is -1.81. The maximum Gasteiger partial charge on any atom is 0.224 e. The Morgan fingerprint density at radius 3 is 2.65 bits per heavy atom. The van der Waals surface area contributed by atoms with Crippen LogP contribution in [0.1, 0.15) is 24.2 Å². The normalized spacial score (nSPS) is 12.1. The first-order chi connectivity index (χ1) is 9.51. The summed E-state index contributed by atoms with van der Waals surface area (Å²) in [6.45, 7) is 4.09. The first-order valence-corrected chi connectivity index (χ1v) is 6.91. The molecule has 1 heterocycles. The number of anilines is 2. The minimum atomic E-state index is 0.174. The summed E-state index contributed by atoms with van der Waals surface area (Å²) in [6, 6.07) is 10.0. The van der Waals surface area contributed by atoms with Gasteiger partial charge in [-0.25, -0.2) is 4.98 Å². The van der Waals surface area contributed by atoms with Gasteiger partial charge in [-0.3, -0.25) is 0 Å². The van der Waals surface area contributed by atoms with Gasteiger partial charge >= 0.3 is 0 Å². The highest BCUT2D eigenvalue weighted by atomic mass is 35.5. The fraction of sp³-hybridized carbons (Fsp3) is 0.333. The van der Waals surface area contributed by atoms with Crippen molar-refractivity contribution in [2.24, 2.45) is 0 Å². The van der Waals surface area contributed by atoms with Gasteiger partial charge in [0.1, 0.15) is 5.82 Å². The van der Waals surface area contributed by atoms with E-state index in [-0.39, 0.29) is 6.04 Å². The van der Waals surface area contributed by atoms with Gasteiger partial charge in [-0.1, -0.05) is 23.7 Å². The summed E-state index contributed by atoms with van der Waals surface area (Å²) >= 11 is 6.06. The summed E-state index contributed by atoms with van der Waals surface area (Å²) in [6.07, 6.45) is 0. The van der Waals surface area contributed by atoms with Gasteiger partial charge in [0.05, 0.1) is 6.04 Å². The first kappa shape index (κ1) is 14.6. The fourth-order valence-corrected chi connectivity index (χ4v) is 2.23. The summed E-state index contributed by atoms with van der Waals surface area (Å²) in [4.78, 5) is 10.9. The Bertz CT molecular complexity index is 600. The average Bonchev–Trinajstić information content (AvgIpc) is 2.45. The number of hydrogen-bond acceptors (Lipinski definition) is 4. The molecule has 1 atom stereocenters. The Balaban J connectivity index is 2.30. The molecule has 0 fully saturated rings. The van der Waals surface area contributed by atoms with Crippen molar-refractivity contribution in [1.82, 2.24) is 9.97 Å². The molecule has 1 aromatic carbocycles. The highest BCUT2D eigenvalue weighted by Crippen LogP contribution is 2.26. The van der Waals surface area contributed by atoms with Gasteiger partial charge in [0.2, 0.25) is 5.95 Å². The number of aryl methyl sites for hydroxylation is 1. The third-order valence-corrected chi connectivity index (χ3v) is 3.57. The average molecular weight is 291 g/mol. The third-order valence-electron chi connectivity index (χ3n) is 3.34. The molecule has 0 bridgehead atoms. The quantitative estimate of drug-likeness (QED) is 0.933. The molecule has 1 aromatic heterocycles. The standard InChI is InChI=1S/C15H19ClN4/c1-10-8-14(19-15(17-3)18-10)20(4)11(2)12-6-5-7-13(16)9-12/h5-9,11H,1-4H3,(H,17,18,19). The van der Waals surface area contributed by atoms with Crippen molar-refractivity contribution in [2.75, 3.05) is 24.3 Å². The molecular formula is C15H19ClN4. The maximum absolute atomic E-state index is 6.06. The second-order valence-electron chi connectivity index (χ2n) is 4.78. The van der Waals surface area contributed by atoms with E-state index in [1.165, 1.54) is 0 Å². The van der Waals surface area contributed by atoms with Crippen LogP contribution in [0.4, 0.5) is 11.8 Å². The molecule has 1 N–H and O–H groups in total. The SMILES string of the molecule is CNc1nc(C)cc(N(C)C(C)c2cccc(Cl)c2)n1. The zero-order valence-corrected chi connectivity index (χ0v) is 12.9. The van der Waals surface area contributed by atoms with Crippen molar-refractivity contribution in [2.45, 2.75) is 19.9 Å². The van der Waals surface area contributed by atoms with Crippen molar-refractivity contribution < 1.29 is 0 Å². The highest BCUT2D eigenvalue weighted by molar-refractivity contribution is 6.30. The molecule has 106 valence electrons. The number of aromatic nitrogens is 2. The largest absolute Gasteiger partial charge is 0.357 e. The highest BCUT2D eigenvalue weighted by Gasteiger charge is 2.15. The van der Waals surface area contributed by atoms with Crippen LogP contribution in [0.5, 0.6) is 0 Å². The van der Waals surface area contributed by atoms with Crippen LogP contribution < -0.4 is 10.2 Å². The predicted octanol–water partition coefficient (Wildman–Crippen LogP) is 3.68. The van der Waals surface area contributed by atoms with E-state index in [9.17, 15) is 0 Å². The monoisotopic (exact) mass is 290 g/mol. The van der Waals surface area contributed by atoms with Crippen molar-refractivity contribution in [1.29, 1.82) is 0 Å². The summed E-state index contributed by atoms with van der Waals surface area (Å²) in [5, 5.41) is 3.73. The molecule has 0 amide bonds. The molecular weight excluding hydrogens is 272 g/mol. The van der Waals surface area contributed by atoms with Crippen molar-refractivity contribution >= 4 is 23.4 Å². The van der Waals surface area contributed by atoms with Crippen LogP contribution >= 0.6 is 11.6 Å². The van der Waals surface area contributed by atoms with Gasteiger partial charge in [0, 0.05) is 30.9 Å². The van der Waals surface area contributed by atoms with Crippen LogP contribution in [0.15, 0.2) is 30.3 Å². The smallest absolute Gasteiger partial charge is 0.224 e. The van der Waals surface area contributed by atoms with Crippen LogP contribution in [-0.4, -0.2) is 24.1 Å². The number of halogens is 1. The van der Waals surface area contributed by atoms with Crippen molar-refractivity contribution in [3.05, 3.63) is 46.6 Å². The zero-order chi connectivity index (χ0) is 14.7. The van der Waals surface area contributed by atoms with E-state index in [2.05, 4.69) is 33.2 Å². The Morgan fingerprint density at radius 1 is 1.25 bits per heavy atom. The molecule has 4 nitrogen and oxygen atoms in total. The molecule has 0 aliphatic carbocycles. The predicted molar refractivity (Wildman–Crippen MR) is 84.6 cm³/mol. The molecule has 1 unspecified atom stereocenters. The second kappa shape index (κ2) is 6.09. The van der Waals surface area contributed by atoms with Gasteiger partial charge < -0.3 is 10.2 Å². The van der Waals surface area contributed by atoms with Crippen LogP contribution in [0, 0.1) is 6.92 Å². The van der Waals surface area contributed by atoms with Gasteiger partial charge in [-0.15, -0.1) is 0 Å². The second-order valence-corrected chi connectivity index (χ2v) is 5.22. The lowest BCUT2D eigenvalue weighted by Crippen LogP contribution is -2.23. The Morgan fingerprint density at radius 2 is 2.00 bits per heavy atom. The lowest BCUT2D eigenvalue weighted by atomic mass is 10.1. The third kappa shape index (κ3) is 3.20. The Kier molecular flexibility index (Phi) is 4.45. The number of benzene rings is 1. The molecule has 0 aliphatic heterocycles. The van der Waals surface area contributed by atoms with Gasteiger partial charge in [-0.05, 0) is 31.5 Å². The molecule has 20 heavy (non-hydrogen) atoms. The summed E-state index contributed by atoms with van der Waals surface area (Å²) in [5.74, 6) is 1.51. The van der Waals surface area contributed by atoms with E-state index >= 15 is 0 Å². The number of nitrogens with zero attached hydrogens (tertiary/aromatic N) is 3. The maximum atomic E-state index is 6.06. The van der Waals surface area contributed by atoms with Crippen LogP contribution in [0.2, 0.25) is 5.02 Å². The molecule has 0 radical (unpaired) electrons. The minimum absolute atomic E-state index is 0.174. The molecule has 0 saturated heterocycles. The lowest BCUT2D eigenvalue weighted by molar-refractivity contribution is 0.727. The van der Waals surface area contributed by atoms with E-state index in [4.69, 9.17) is 11.6 Å². The molecule has 0 aliphatic rings. The van der Waals surface area contributed by atoms with Gasteiger partial charge in [0.25, 0.3) is 0 Å². The lowest BCUT2D eigenvalue weighted by Gasteiger charge is -2.27. The Labute approximate surface area is 124 Å². The summed E-state index contributed by atoms with van der Waals surface area (Å²) in [7, 11) is 3.84. The van der Waals surface area contributed by atoms with E-state index in [0.717, 1.165) is 22.1 Å². The molecule has 0 saturated carbocycles. The van der Waals surface area contributed by atoms with Crippen LogP contribution in [-0.2, 0) is 0 Å². The van der Waals surface area contributed by atoms with E-state index in [1.807, 2.05) is 45.3 Å². The topological polar surface area (TPSA) is 41.1 Å². The molecule has 2 aromatic rings. The number of hydrogen-bond donors (Lipinski definition) is 1. The van der Waals surface area contributed by atoms with Gasteiger partial charge in [0.15, 0.2) is 0 Å². The van der Waals surface area contributed by atoms with Crippen LogP contribution in [0.3, 0.4) is 0 Å². The van der Waals surface area contributed by atoms with E-state index < -0.39 is 0 Å². The summed E-state index contributed by atoms with van der Waals surface area (Å²) < 4.78 is 0. The molecule has 2 rings (SSSR count). The first-order valence-electron chi connectivity index (χ1n) is 6.53. The fourth-order valence-electron chi connectivity index (χ4n) is 2.03. The zero-order valence-electron chi connectivity index (χ0n) is 12.2. The number of rotatable bonds is 4. The van der Waals surface area contributed by atoms with Crippen LogP contribution in [0.25, 0.3) is 0 Å². The number of nitrogens with one attached hydrogen (secondary N) is 1.